The number of ether oxygens (including phenoxy) is 1. The van der Waals surface area contributed by atoms with Gasteiger partial charge in [0.2, 0.25) is 0 Å². The number of carbonyl (C=O) groups excluding carboxylic acids is 2. The molecule has 3 amide bonds. The van der Waals surface area contributed by atoms with Crippen molar-refractivity contribution in [3.05, 3.63) is 95.1 Å². The summed E-state index contributed by atoms with van der Waals surface area (Å²) in [4.78, 5) is 24.7. The highest BCUT2D eigenvalue weighted by Crippen LogP contribution is 2.41. The highest BCUT2D eigenvalue weighted by molar-refractivity contribution is 6.03. The van der Waals surface area contributed by atoms with E-state index >= 15 is 0 Å². The molecule has 5 N–H and O–H groups in total. The molecule has 32 heavy (non-hydrogen) atoms. The Morgan fingerprint density at radius 2 is 1.66 bits per heavy atom. The minimum Gasteiger partial charge on any atom is -0.504 e. The van der Waals surface area contributed by atoms with E-state index in [1.807, 2.05) is 60.7 Å². The average Bonchev–Trinajstić information content (AvgIpc) is 2.81. The van der Waals surface area contributed by atoms with E-state index in [0.717, 1.165) is 16.7 Å². The zero-order chi connectivity index (χ0) is 22.7. The molecule has 0 saturated carbocycles. The Morgan fingerprint density at radius 1 is 1.03 bits per heavy atom. The number of primary amides is 1. The molecule has 0 spiro atoms. The van der Waals surface area contributed by atoms with Crippen molar-refractivity contribution in [3.63, 3.8) is 0 Å². The topological polar surface area (TPSA) is 114 Å². The number of amides is 3. The van der Waals surface area contributed by atoms with Gasteiger partial charge in [-0.05, 0) is 35.7 Å². The van der Waals surface area contributed by atoms with Crippen LogP contribution in [0.15, 0.2) is 72.8 Å². The van der Waals surface area contributed by atoms with Crippen molar-refractivity contribution in [2.75, 3.05) is 6.61 Å². The molecule has 162 valence electrons. The summed E-state index contributed by atoms with van der Waals surface area (Å²) < 4.78 is 5.54. The molecule has 0 fully saturated rings. The maximum Gasteiger partial charge on any atom is 0.320 e. The third-order valence-corrected chi connectivity index (χ3v) is 5.22. The van der Waals surface area contributed by atoms with Gasteiger partial charge in [-0.2, -0.15) is 0 Å². The second-order valence-electron chi connectivity index (χ2n) is 7.26. The van der Waals surface area contributed by atoms with Crippen LogP contribution in [0.2, 0.25) is 0 Å². The Balaban J connectivity index is 1.98. The molecule has 0 aliphatic carbocycles. The lowest BCUT2D eigenvalue weighted by Crippen LogP contribution is -2.43. The minimum absolute atomic E-state index is 0.0765. The molecule has 1 unspecified atom stereocenters. The quantitative estimate of drug-likeness (QED) is 0.477. The predicted octanol–water partition coefficient (Wildman–Crippen LogP) is 3.81. The third-order valence-electron chi connectivity index (χ3n) is 5.22. The molecule has 3 aromatic carbocycles. The third kappa shape index (κ3) is 4.00. The molecule has 1 atom stereocenters. The molecule has 1 aliphatic heterocycles. The van der Waals surface area contributed by atoms with Crippen LogP contribution in [-0.4, -0.2) is 23.7 Å². The SMILES string of the molecule is CCOc1cc(C2NC(=O)NC(c3ccccc3)=C2c2ccccc2)cc(C(N)=O)c1O. The van der Waals surface area contributed by atoms with E-state index in [0.29, 0.717) is 11.3 Å². The Kier molecular flexibility index (Phi) is 5.81. The van der Waals surface area contributed by atoms with Crippen LogP contribution in [0, 0.1) is 0 Å². The molecular weight excluding hydrogens is 406 g/mol. The lowest BCUT2D eigenvalue weighted by Gasteiger charge is -2.31. The van der Waals surface area contributed by atoms with Crippen LogP contribution in [0.5, 0.6) is 11.5 Å². The fraction of sp³-hybridized carbons (Fsp3) is 0.120. The van der Waals surface area contributed by atoms with Gasteiger partial charge in [0.05, 0.1) is 23.9 Å². The van der Waals surface area contributed by atoms with Crippen LogP contribution in [-0.2, 0) is 0 Å². The van der Waals surface area contributed by atoms with Crippen molar-refractivity contribution >= 4 is 23.2 Å². The Bertz CT molecular complexity index is 1190. The number of urea groups is 1. The molecule has 0 radical (unpaired) electrons. The van der Waals surface area contributed by atoms with E-state index in [4.69, 9.17) is 10.5 Å². The maximum absolute atomic E-state index is 12.7. The largest absolute Gasteiger partial charge is 0.504 e. The highest BCUT2D eigenvalue weighted by atomic mass is 16.5. The number of carbonyl (C=O) groups is 2. The first-order chi connectivity index (χ1) is 15.5. The van der Waals surface area contributed by atoms with Crippen LogP contribution in [0.25, 0.3) is 11.3 Å². The summed E-state index contributed by atoms with van der Waals surface area (Å²) in [5, 5.41) is 16.3. The molecule has 0 saturated heterocycles. The summed E-state index contributed by atoms with van der Waals surface area (Å²) in [7, 11) is 0. The fourth-order valence-corrected chi connectivity index (χ4v) is 3.82. The zero-order valence-electron chi connectivity index (χ0n) is 17.5. The Morgan fingerprint density at radius 3 is 2.25 bits per heavy atom. The first-order valence-corrected chi connectivity index (χ1v) is 10.2. The van der Waals surface area contributed by atoms with Crippen LogP contribution in [0.3, 0.4) is 0 Å². The number of nitrogens with two attached hydrogens (primary N) is 1. The Labute approximate surface area is 185 Å². The predicted molar refractivity (Wildman–Crippen MR) is 122 cm³/mol. The second kappa shape index (κ2) is 8.85. The second-order valence-corrected chi connectivity index (χ2v) is 7.26. The van der Waals surface area contributed by atoms with Crippen LogP contribution in [0.1, 0.15) is 40.0 Å². The number of nitrogens with one attached hydrogen (secondary N) is 2. The van der Waals surface area contributed by atoms with Gasteiger partial charge in [-0.15, -0.1) is 0 Å². The van der Waals surface area contributed by atoms with Gasteiger partial charge in [0.15, 0.2) is 11.5 Å². The van der Waals surface area contributed by atoms with E-state index in [9.17, 15) is 14.7 Å². The normalized spacial score (nSPS) is 15.7. The number of rotatable bonds is 6. The fourth-order valence-electron chi connectivity index (χ4n) is 3.82. The van der Waals surface area contributed by atoms with Crippen molar-refractivity contribution in [1.29, 1.82) is 0 Å². The van der Waals surface area contributed by atoms with Crippen molar-refractivity contribution < 1.29 is 19.4 Å². The molecule has 7 heteroatoms. The molecule has 4 rings (SSSR count). The molecule has 1 aliphatic rings. The summed E-state index contributed by atoms with van der Waals surface area (Å²) in [6.45, 7) is 2.05. The van der Waals surface area contributed by atoms with E-state index in [2.05, 4.69) is 10.6 Å². The van der Waals surface area contributed by atoms with Crippen molar-refractivity contribution in [1.82, 2.24) is 10.6 Å². The smallest absolute Gasteiger partial charge is 0.320 e. The van der Waals surface area contributed by atoms with Gasteiger partial charge >= 0.3 is 6.03 Å². The van der Waals surface area contributed by atoms with Crippen LogP contribution >= 0.6 is 0 Å². The van der Waals surface area contributed by atoms with Crippen LogP contribution in [0.4, 0.5) is 4.79 Å². The summed E-state index contributed by atoms with van der Waals surface area (Å²) in [5.41, 5.74) is 9.16. The summed E-state index contributed by atoms with van der Waals surface area (Å²) in [6.07, 6.45) is 0. The average molecular weight is 429 g/mol. The van der Waals surface area contributed by atoms with Crippen LogP contribution < -0.4 is 21.1 Å². The van der Waals surface area contributed by atoms with Gasteiger partial charge in [-0.25, -0.2) is 4.79 Å². The first-order valence-electron chi connectivity index (χ1n) is 10.2. The van der Waals surface area contributed by atoms with Gasteiger partial charge < -0.3 is 26.2 Å². The summed E-state index contributed by atoms with van der Waals surface area (Å²) in [6, 6.07) is 21.2. The number of phenols is 1. The molecule has 1 heterocycles. The molecule has 3 aromatic rings. The van der Waals surface area contributed by atoms with Gasteiger partial charge in [-0.3, -0.25) is 4.79 Å². The number of hydrogen-bond donors (Lipinski definition) is 4. The monoisotopic (exact) mass is 429 g/mol. The van der Waals surface area contributed by atoms with Crippen molar-refractivity contribution in [3.8, 4) is 11.5 Å². The lowest BCUT2D eigenvalue weighted by molar-refractivity contribution is 0.0996. The van der Waals surface area contributed by atoms with E-state index in [1.54, 1.807) is 13.0 Å². The van der Waals surface area contributed by atoms with Gasteiger partial charge in [0, 0.05) is 5.57 Å². The van der Waals surface area contributed by atoms with Gasteiger partial charge in [-0.1, -0.05) is 60.7 Å². The molecule has 0 aromatic heterocycles. The lowest BCUT2D eigenvalue weighted by atomic mass is 9.87. The van der Waals surface area contributed by atoms with Gasteiger partial charge in [0.25, 0.3) is 5.91 Å². The number of aromatic hydroxyl groups is 1. The van der Waals surface area contributed by atoms with E-state index in [-0.39, 0.29) is 29.7 Å². The maximum atomic E-state index is 12.7. The summed E-state index contributed by atoms with van der Waals surface area (Å²) in [5.74, 6) is -0.990. The number of hydrogen-bond acceptors (Lipinski definition) is 4. The standard InChI is InChI=1S/C25H23N3O4/c1-2-32-19-14-17(13-18(23(19)29)24(26)30)22-20(15-9-5-3-6-10-15)21(27-25(31)28-22)16-11-7-4-8-12-16/h3-14,22,29H,2H2,1H3,(H2,26,30)(H2,27,28,31). The zero-order valence-corrected chi connectivity index (χ0v) is 17.5. The van der Waals surface area contributed by atoms with E-state index in [1.165, 1.54) is 6.07 Å². The van der Waals surface area contributed by atoms with E-state index < -0.39 is 11.9 Å². The van der Waals surface area contributed by atoms with Crippen molar-refractivity contribution in [2.45, 2.75) is 13.0 Å². The molecule has 0 bridgehead atoms. The summed E-state index contributed by atoms with van der Waals surface area (Å²) >= 11 is 0. The molecular formula is C25H23N3O4. The minimum atomic E-state index is -0.793. The number of benzene rings is 3. The Hall–Kier alpha value is -4.26. The first kappa shape index (κ1) is 21.0. The van der Waals surface area contributed by atoms with Crippen molar-refractivity contribution in [2.24, 2.45) is 5.73 Å². The van der Waals surface area contributed by atoms with Gasteiger partial charge in [0.1, 0.15) is 0 Å². The highest BCUT2D eigenvalue weighted by Gasteiger charge is 2.31. The molecule has 7 nitrogen and oxygen atoms in total.